The summed E-state index contributed by atoms with van der Waals surface area (Å²) < 4.78 is 19.5. The lowest BCUT2D eigenvalue weighted by Gasteiger charge is -2.31. The van der Waals surface area contributed by atoms with Gasteiger partial charge in [0, 0.05) is 23.2 Å². The van der Waals surface area contributed by atoms with Gasteiger partial charge in [0.2, 0.25) is 11.8 Å². The first-order chi connectivity index (χ1) is 14.3. The minimum Gasteiger partial charge on any atom is -0.497 e. The number of halogens is 2. The largest absolute Gasteiger partial charge is 0.497 e. The Morgan fingerprint density at radius 1 is 1.20 bits per heavy atom. The van der Waals surface area contributed by atoms with Gasteiger partial charge in [0.15, 0.2) is 0 Å². The molecule has 0 aromatic heterocycles. The molecule has 1 N–H and O–H groups in total. The Morgan fingerprint density at radius 3 is 2.50 bits per heavy atom. The molecule has 0 aliphatic heterocycles. The van der Waals surface area contributed by atoms with E-state index in [2.05, 4.69) is 5.32 Å². The van der Waals surface area contributed by atoms with Gasteiger partial charge in [-0.2, -0.15) is 0 Å². The van der Waals surface area contributed by atoms with Crippen LogP contribution in [0.3, 0.4) is 0 Å². The van der Waals surface area contributed by atoms with E-state index in [0.717, 1.165) is 5.56 Å². The van der Waals surface area contributed by atoms with Gasteiger partial charge in [-0.3, -0.25) is 9.59 Å². The van der Waals surface area contributed by atoms with Crippen LogP contribution in [0.4, 0.5) is 4.39 Å². The van der Waals surface area contributed by atoms with Crippen LogP contribution in [0.2, 0.25) is 5.02 Å². The van der Waals surface area contributed by atoms with Crippen LogP contribution in [0.15, 0.2) is 42.5 Å². The van der Waals surface area contributed by atoms with Crippen molar-refractivity contribution in [1.82, 2.24) is 10.2 Å². The molecule has 0 spiro atoms. The number of benzene rings is 2. The lowest BCUT2D eigenvalue weighted by atomic mass is 10.1. The topological polar surface area (TPSA) is 58.6 Å². The second kappa shape index (κ2) is 11.0. The summed E-state index contributed by atoms with van der Waals surface area (Å²) in [5.74, 6) is -0.521. The molecule has 0 heterocycles. The average molecular weight is 435 g/mol. The maximum atomic E-state index is 14.3. The van der Waals surface area contributed by atoms with E-state index < -0.39 is 11.9 Å². The van der Waals surface area contributed by atoms with Crippen LogP contribution in [0.25, 0.3) is 0 Å². The van der Waals surface area contributed by atoms with E-state index in [1.807, 2.05) is 39.0 Å². The molecule has 0 aliphatic carbocycles. The molecule has 2 rings (SSSR count). The fourth-order valence-corrected chi connectivity index (χ4v) is 3.45. The van der Waals surface area contributed by atoms with Crippen LogP contribution in [-0.2, 0) is 22.6 Å². The molecule has 0 unspecified atom stereocenters. The molecule has 1 atom stereocenters. The van der Waals surface area contributed by atoms with E-state index in [0.29, 0.717) is 12.2 Å². The van der Waals surface area contributed by atoms with Gasteiger partial charge in [-0.05, 0) is 50.1 Å². The summed E-state index contributed by atoms with van der Waals surface area (Å²) in [7, 11) is 1.56. The SMILES string of the molecule is CC[C@@H](C(=O)NC(C)C)N(Cc1cccc(OC)c1)C(=O)Cc1c(F)cccc1Cl. The molecule has 2 aromatic rings. The van der Waals surface area contributed by atoms with E-state index in [9.17, 15) is 14.0 Å². The highest BCUT2D eigenvalue weighted by Gasteiger charge is 2.30. The van der Waals surface area contributed by atoms with Crippen LogP contribution < -0.4 is 10.1 Å². The molecule has 30 heavy (non-hydrogen) atoms. The summed E-state index contributed by atoms with van der Waals surface area (Å²) in [5.41, 5.74) is 0.928. The summed E-state index contributed by atoms with van der Waals surface area (Å²) in [6.07, 6.45) is 0.181. The molecule has 0 fully saturated rings. The van der Waals surface area contributed by atoms with Gasteiger partial charge >= 0.3 is 0 Å². The first-order valence-corrected chi connectivity index (χ1v) is 10.3. The lowest BCUT2D eigenvalue weighted by molar-refractivity contribution is -0.141. The number of amides is 2. The first-order valence-electron chi connectivity index (χ1n) is 9.92. The van der Waals surface area contributed by atoms with Crippen molar-refractivity contribution in [1.29, 1.82) is 0 Å². The zero-order valence-corrected chi connectivity index (χ0v) is 18.5. The molecule has 7 heteroatoms. The number of carbonyl (C=O) groups excluding carboxylic acids is 2. The number of carbonyl (C=O) groups is 2. The molecular formula is C23H28ClFN2O3. The van der Waals surface area contributed by atoms with E-state index in [1.165, 1.54) is 17.0 Å². The predicted octanol–water partition coefficient (Wildman–Crippen LogP) is 4.36. The fourth-order valence-electron chi connectivity index (χ4n) is 3.22. The smallest absolute Gasteiger partial charge is 0.243 e. The molecule has 0 radical (unpaired) electrons. The molecule has 2 aromatic carbocycles. The summed E-state index contributed by atoms with van der Waals surface area (Å²) in [6, 6.07) is 10.8. The molecule has 5 nitrogen and oxygen atoms in total. The van der Waals surface area contributed by atoms with Crippen molar-refractivity contribution in [2.75, 3.05) is 7.11 Å². The van der Waals surface area contributed by atoms with Crippen molar-refractivity contribution < 1.29 is 18.7 Å². The van der Waals surface area contributed by atoms with Crippen molar-refractivity contribution in [2.45, 2.75) is 52.2 Å². The predicted molar refractivity (Wildman–Crippen MR) is 116 cm³/mol. The zero-order chi connectivity index (χ0) is 22.3. The summed E-state index contributed by atoms with van der Waals surface area (Å²) in [6.45, 7) is 5.74. The average Bonchev–Trinajstić information content (AvgIpc) is 2.70. The third-order valence-corrected chi connectivity index (χ3v) is 5.05. The quantitative estimate of drug-likeness (QED) is 0.637. The van der Waals surface area contributed by atoms with Crippen LogP contribution in [0, 0.1) is 5.82 Å². The van der Waals surface area contributed by atoms with Crippen molar-refractivity contribution in [3.63, 3.8) is 0 Å². The highest BCUT2D eigenvalue weighted by atomic mass is 35.5. The van der Waals surface area contributed by atoms with Crippen LogP contribution in [-0.4, -0.2) is 35.9 Å². The molecule has 162 valence electrons. The summed E-state index contributed by atoms with van der Waals surface area (Å²) in [5, 5.41) is 3.05. The highest BCUT2D eigenvalue weighted by molar-refractivity contribution is 6.31. The van der Waals surface area contributed by atoms with Crippen LogP contribution >= 0.6 is 11.6 Å². The number of hydrogen-bond donors (Lipinski definition) is 1. The van der Waals surface area contributed by atoms with Gasteiger partial charge in [0.25, 0.3) is 0 Å². The van der Waals surface area contributed by atoms with E-state index >= 15 is 0 Å². The van der Waals surface area contributed by atoms with Gasteiger partial charge in [0.1, 0.15) is 17.6 Å². The third-order valence-electron chi connectivity index (χ3n) is 4.69. The monoisotopic (exact) mass is 434 g/mol. The normalized spacial score (nSPS) is 11.8. The molecular weight excluding hydrogens is 407 g/mol. The standard InChI is InChI=1S/C23H28ClFN2O3/c1-5-21(23(29)26-15(2)3)27(14-16-8-6-9-17(12-16)30-4)22(28)13-18-19(24)10-7-11-20(18)25/h6-12,15,21H,5,13-14H2,1-4H3,(H,26,29)/t21-/m0/s1. The Kier molecular flexibility index (Phi) is 8.66. The number of ether oxygens (including phenoxy) is 1. The van der Waals surface area contributed by atoms with Crippen LogP contribution in [0.1, 0.15) is 38.3 Å². The molecule has 2 amide bonds. The molecule has 0 aliphatic rings. The number of methoxy groups -OCH3 is 1. The van der Waals surface area contributed by atoms with E-state index in [4.69, 9.17) is 16.3 Å². The summed E-state index contributed by atoms with van der Waals surface area (Å²) >= 11 is 6.12. The summed E-state index contributed by atoms with van der Waals surface area (Å²) in [4.78, 5) is 27.5. The third kappa shape index (κ3) is 6.20. The minimum atomic E-state index is -0.698. The number of hydrogen-bond acceptors (Lipinski definition) is 3. The van der Waals surface area contributed by atoms with E-state index in [-0.39, 0.29) is 41.4 Å². The minimum absolute atomic E-state index is 0.0682. The Bertz CT molecular complexity index is 868. The first kappa shape index (κ1) is 23.7. The van der Waals surface area contributed by atoms with Gasteiger partial charge in [-0.15, -0.1) is 0 Å². The number of rotatable bonds is 9. The zero-order valence-electron chi connectivity index (χ0n) is 17.7. The van der Waals surface area contributed by atoms with E-state index in [1.54, 1.807) is 19.2 Å². The Morgan fingerprint density at radius 2 is 1.90 bits per heavy atom. The second-order valence-corrected chi connectivity index (χ2v) is 7.74. The van der Waals surface area contributed by atoms with Gasteiger partial charge in [-0.1, -0.05) is 36.7 Å². The molecule has 0 saturated heterocycles. The maximum absolute atomic E-state index is 14.3. The van der Waals surface area contributed by atoms with Crippen molar-refractivity contribution in [3.8, 4) is 5.75 Å². The van der Waals surface area contributed by atoms with Gasteiger partial charge in [-0.25, -0.2) is 4.39 Å². The van der Waals surface area contributed by atoms with Crippen molar-refractivity contribution in [3.05, 3.63) is 64.4 Å². The Hall–Kier alpha value is -2.60. The second-order valence-electron chi connectivity index (χ2n) is 7.34. The Labute approximate surface area is 182 Å². The maximum Gasteiger partial charge on any atom is 0.243 e. The van der Waals surface area contributed by atoms with Gasteiger partial charge in [0.05, 0.1) is 13.5 Å². The molecule has 0 saturated carbocycles. The van der Waals surface area contributed by atoms with Crippen molar-refractivity contribution in [2.24, 2.45) is 0 Å². The fraction of sp³-hybridized carbons (Fsp3) is 0.391. The number of nitrogens with zero attached hydrogens (tertiary/aromatic N) is 1. The molecule has 0 bridgehead atoms. The van der Waals surface area contributed by atoms with Crippen molar-refractivity contribution >= 4 is 23.4 Å². The lowest BCUT2D eigenvalue weighted by Crippen LogP contribution is -2.50. The Balaban J connectivity index is 2.37. The van der Waals surface area contributed by atoms with Gasteiger partial charge < -0.3 is 15.0 Å². The highest BCUT2D eigenvalue weighted by Crippen LogP contribution is 2.23. The van der Waals surface area contributed by atoms with Crippen LogP contribution in [0.5, 0.6) is 5.75 Å². The number of nitrogens with one attached hydrogen (secondary N) is 1.